The highest BCUT2D eigenvalue weighted by Crippen LogP contribution is 2.27. The van der Waals surface area contributed by atoms with Crippen LogP contribution in [0.3, 0.4) is 0 Å². The fourth-order valence-corrected chi connectivity index (χ4v) is 1.79. The molecule has 0 unspecified atom stereocenters. The summed E-state index contributed by atoms with van der Waals surface area (Å²) in [5.74, 6) is -0.616. The van der Waals surface area contributed by atoms with Gasteiger partial charge in [-0.25, -0.2) is 8.42 Å². The summed E-state index contributed by atoms with van der Waals surface area (Å²) in [6, 6.07) is 3.75. The zero-order valence-corrected chi connectivity index (χ0v) is 12.2. The van der Waals surface area contributed by atoms with Gasteiger partial charge in [0.15, 0.2) is 0 Å². The lowest BCUT2D eigenvalue weighted by molar-refractivity contribution is -0.384. The Hall–Kier alpha value is -1.71. The molecule has 0 aliphatic rings. The topological polar surface area (TPSA) is 110 Å². The number of amides is 1. The van der Waals surface area contributed by atoms with Gasteiger partial charge >= 0.3 is 0 Å². The number of nitrogens with one attached hydrogen (secondary N) is 1. The predicted molar refractivity (Wildman–Crippen MR) is 74.2 cm³/mol. The minimum absolute atomic E-state index is 0.0544. The van der Waals surface area contributed by atoms with Crippen molar-refractivity contribution in [2.75, 3.05) is 25.2 Å². The number of benzene rings is 1. The monoisotopic (exact) mass is 321 g/mol. The molecule has 0 bridgehead atoms. The molecule has 20 heavy (non-hydrogen) atoms. The van der Waals surface area contributed by atoms with Gasteiger partial charge in [0.05, 0.1) is 17.7 Å². The van der Waals surface area contributed by atoms with Crippen LogP contribution in [0.15, 0.2) is 18.2 Å². The summed E-state index contributed by atoms with van der Waals surface area (Å²) < 4.78 is 23.1. The molecule has 10 heteroatoms. The Labute approximate surface area is 120 Å². The zero-order valence-electron chi connectivity index (χ0n) is 10.7. The van der Waals surface area contributed by atoms with E-state index in [-0.39, 0.29) is 16.4 Å². The number of halogens is 1. The molecule has 0 saturated heterocycles. The van der Waals surface area contributed by atoms with Crippen LogP contribution in [0.1, 0.15) is 0 Å². The fraction of sp³-hybridized carbons (Fsp3) is 0.300. The maximum Gasteiger partial charge on any atom is 0.289 e. The van der Waals surface area contributed by atoms with Crippen molar-refractivity contribution in [3.63, 3.8) is 0 Å². The predicted octanol–water partition coefficient (Wildman–Crippen LogP) is 1.08. The van der Waals surface area contributed by atoms with Gasteiger partial charge in [0, 0.05) is 18.8 Å². The summed E-state index contributed by atoms with van der Waals surface area (Å²) in [7, 11) is -2.23. The van der Waals surface area contributed by atoms with E-state index in [2.05, 4.69) is 5.32 Å². The molecule has 0 aliphatic carbocycles. The molecule has 1 amide bonds. The molecule has 8 nitrogen and oxygen atoms in total. The highest BCUT2D eigenvalue weighted by atomic mass is 35.5. The van der Waals surface area contributed by atoms with Crippen molar-refractivity contribution < 1.29 is 18.1 Å². The first-order valence-corrected chi connectivity index (χ1v) is 7.49. The van der Waals surface area contributed by atoms with Crippen LogP contribution in [0.25, 0.3) is 0 Å². The van der Waals surface area contributed by atoms with Crippen molar-refractivity contribution in [2.45, 2.75) is 0 Å². The zero-order chi connectivity index (χ0) is 15.5. The number of nitrogens with zero attached hydrogens (tertiary/aromatic N) is 2. The number of hydrogen-bond acceptors (Lipinski definition) is 5. The van der Waals surface area contributed by atoms with Crippen LogP contribution in [-0.4, -0.2) is 43.4 Å². The average molecular weight is 322 g/mol. The molecule has 1 N–H and O–H groups in total. The number of carbonyl (C=O) groups is 1. The molecule has 0 spiro atoms. The minimum Gasteiger partial charge on any atom is -0.325 e. The average Bonchev–Trinajstić information content (AvgIpc) is 2.29. The third-order valence-electron chi connectivity index (χ3n) is 2.36. The summed E-state index contributed by atoms with van der Waals surface area (Å²) >= 11 is 5.63. The van der Waals surface area contributed by atoms with Gasteiger partial charge in [-0.15, -0.1) is 0 Å². The number of rotatable bonds is 5. The highest BCUT2D eigenvalue weighted by molar-refractivity contribution is 7.88. The largest absolute Gasteiger partial charge is 0.325 e. The molecule has 110 valence electrons. The van der Waals surface area contributed by atoms with Crippen molar-refractivity contribution in [3.8, 4) is 0 Å². The first-order chi connectivity index (χ1) is 9.11. The standard InChI is InChI=1S/C10H12ClN3O5S/c1-13(20(2,18)19)6-10(15)12-7-3-4-8(11)9(5-7)14(16)17/h3-5H,6H2,1-2H3,(H,12,15). The van der Waals surface area contributed by atoms with Crippen LogP contribution in [0.2, 0.25) is 5.02 Å². The van der Waals surface area contributed by atoms with E-state index in [0.717, 1.165) is 16.6 Å². The van der Waals surface area contributed by atoms with E-state index in [1.54, 1.807) is 0 Å². The number of nitro groups is 1. The smallest absolute Gasteiger partial charge is 0.289 e. The summed E-state index contributed by atoms with van der Waals surface area (Å²) in [5.41, 5.74) is -0.186. The third kappa shape index (κ3) is 4.44. The van der Waals surface area contributed by atoms with Crippen LogP contribution in [0.4, 0.5) is 11.4 Å². The normalized spacial score (nSPS) is 11.4. The van der Waals surface area contributed by atoms with Crippen LogP contribution in [-0.2, 0) is 14.8 Å². The lowest BCUT2D eigenvalue weighted by Crippen LogP contribution is -2.34. The molecule has 1 rings (SSSR count). The van der Waals surface area contributed by atoms with E-state index in [1.807, 2.05) is 0 Å². The second-order valence-corrected chi connectivity index (χ2v) is 6.49. The van der Waals surface area contributed by atoms with Crippen LogP contribution < -0.4 is 5.32 Å². The van der Waals surface area contributed by atoms with E-state index in [9.17, 15) is 23.3 Å². The Bertz CT molecular complexity index is 646. The number of carbonyl (C=O) groups excluding carboxylic acids is 1. The van der Waals surface area contributed by atoms with Crippen molar-refractivity contribution in [3.05, 3.63) is 33.3 Å². The molecule has 0 aliphatic heterocycles. The molecule has 0 heterocycles. The first kappa shape index (κ1) is 16.3. The van der Waals surface area contributed by atoms with Crippen molar-refractivity contribution in [1.82, 2.24) is 4.31 Å². The van der Waals surface area contributed by atoms with E-state index in [1.165, 1.54) is 19.2 Å². The van der Waals surface area contributed by atoms with Gasteiger partial charge in [-0.3, -0.25) is 14.9 Å². The quantitative estimate of drug-likeness (QED) is 0.644. The van der Waals surface area contributed by atoms with Gasteiger partial charge in [-0.1, -0.05) is 11.6 Å². The van der Waals surface area contributed by atoms with E-state index in [4.69, 9.17) is 11.6 Å². The number of sulfonamides is 1. The van der Waals surface area contributed by atoms with Gasteiger partial charge in [-0.2, -0.15) is 4.31 Å². The second-order valence-electron chi connectivity index (χ2n) is 3.99. The molecule has 0 atom stereocenters. The number of anilines is 1. The Morgan fingerprint density at radius 1 is 1.50 bits per heavy atom. The van der Waals surface area contributed by atoms with E-state index < -0.39 is 27.4 Å². The maximum atomic E-state index is 11.6. The molecule has 1 aromatic rings. The lowest BCUT2D eigenvalue weighted by atomic mass is 10.3. The summed E-state index contributed by atoms with van der Waals surface area (Å²) in [6.07, 6.45) is 0.966. The Kier molecular flexibility index (Phi) is 5.03. The number of nitro benzene ring substituents is 1. The Morgan fingerprint density at radius 3 is 2.60 bits per heavy atom. The minimum atomic E-state index is -3.48. The van der Waals surface area contributed by atoms with Gasteiger partial charge in [0.1, 0.15) is 5.02 Å². The second kappa shape index (κ2) is 6.16. The molecule has 1 aromatic carbocycles. The molecule has 0 saturated carbocycles. The first-order valence-electron chi connectivity index (χ1n) is 5.26. The van der Waals surface area contributed by atoms with Crippen LogP contribution in [0, 0.1) is 10.1 Å². The van der Waals surface area contributed by atoms with Gasteiger partial charge < -0.3 is 5.32 Å². The van der Waals surface area contributed by atoms with E-state index in [0.29, 0.717) is 0 Å². The highest BCUT2D eigenvalue weighted by Gasteiger charge is 2.17. The van der Waals surface area contributed by atoms with Gasteiger partial charge in [0.25, 0.3) is 5.69 Å². The lowest BCUT2D eigenvalue weighted by Gasteiger charge is -2.13. The Balaban J connectivity index is 2.82. The van der Waals surface area contributed by atoms with Crippen molar-refractivity contribution in [1.29, 1.82) is 0 Å². The summed E-state index contributed by atoms with van der Waals surface area (Å²) in [5, 5.41) is 13.0. The van der Waals surface area contributed by atoms with Gasteiger partial charge in [-0.05, 0) is 12.1 Å². The summed E-state index contributed by atoms with van der Waals surface area (Å²) in [4.78, 5) is 21.6. The molecule has 0 aromatic heterocycles. The SMILES string of the molecule is CN(CC(=O)Nc1ccc(Cl)c([N+](=O)[O-])c1)S(C)(=O)=O. The van der Waals surface area contributed by atoms with Crippen LogP contribution >= 0.6 is 11.6 Å². The van der Waals surface area contributed by atoms with Crippen molar-refractivity contribution >= 4 is 38.9 Å². The Morgan fingerprint density at radius 2 is 2.10 bits per heavy atom. The molecule has 0 fully saturated rings. The third-order valence-corrected chi connectivity index (χ3v) is 3.94. The molecule has 0 radical (unpaired) electrons. The fourth-order valence-electron chi connectivity index (χ4n) is 1.25. The molecular formula is C10H12ClN3O5S. The molecular weight excluding hydrogens is 310 g/mol. The maximum absolute atomic E-state index is 11.6. The number of hydrogen-bond donors (Lipinski definition) is 1. The summed E-state index contributed by atoms with van der Waals surface area (Å²) in [6.45, 7) is -0.394. The van der Waals surface area contributed by atoms with E-state index >= 15 is 0 Å². The number of likely N-dealkylation sites (N-methyl/N-ethyl adjacent to an activating group) is 1. The van der Waals surface area contributed by atoms with Gasteiger partial charge in [0.2, 0.25) is 15.9 Å². The van der Waals surface area contributed by atoms with Crippen LogP contribution in [0.5, 0.6) is 0 Å². The van der Waals surface area contributed by atoms with Crippen molar-refractivity contribution in [2.24, 2.45) is 0 Å².